The quantitative estimate of drug-likeness (QED) is 0.642. The summed E-state index contributed by atoms with van der Waals surface area (Å²) in [5.74, 6) is -0.101. The van der Waals surface area contributed by atoms with Crippen LogP contribution in [0.4, 0.5) is 4.39 Å². The summed E-state index contributed by atoms with van der Waals surface area (Å²) in [6, 6.07) is 5.16. The van der Waals surface area contributed by atoms with Crippen LogP contribution in [0.2, 0.25) is 0 Å². The maximum Gasteiger partial charge on any atom is 0.123 e. The van der Waals surface area contributed by atoms with Gasteiger partial charge in [0.25, 0.3) is 0 Å². The third-order valence-corrected chi connectivity index (χ3v) is 3.47. The molecule has 1 atom stereocenters. The van der Waals surface area contributed by atoms with Crippen molar-refractivity contribution in [3.05, 3.63) is 35.1 Å². The summed E-state index contributed by atoms with van der Waals surface area (Å²) in [6.45, 7) is 0. The lowest BCUT2D eigenvalue weighted by Crippen LogP contribution is -1.86. The molecule has 2 heteroatoms. The molecule has 1 aliphatic carbocycles. The highest BCUT2D eigenvalue weighted by molar-refractivity contribution is 7.98. The van der Waals surface area contributed by atoms with Crippen LogP contribution < -0.4 is 0 Å². The van der Waals surface area contributed by atoms with Crippen molar-refractivity contribution < 1.29 is 4.39 Å². The summed E-state index contributed by atoms with van der Waals surface area (Å²) >= 11 is 1.86. The molecule has 2 rings (SSSR count). The fraction of sp³-hybridized carbons (Fsp3) is 0.400. The number of benzene rings is 1. The molecule has 0 aromatic heterocycles. The van der Waals surface area contributed by atoms with Gasteiger partial charge in [-0.15, -0.1) is 0 Å². The van der Waals surface area contributed by atoms with Crippen LogP contribution in [-0.2, 0) is 6.42 Å². The first-order chi connectivity index (χ1) is 5.81. The van der Waals surface area contributed by atoms with Gasteiger partial charge in [-0.3, -0.25) is 0 Å². The second-order valence-corrected chi connectivity index (χ2v) is 4.15. The molecule has 0 bridgehead atoms. The SMILES string of the molecule is CSC1CCc2cc(F)ccc21. The fourth-order valence-electron chi connectivity index (χ4n) is 1.79. The van der Waals surface area contributed by atoms with E-state index in [1.54, 1.807) is 12.1 Å². The van der Waals surface area contributed by atoms with E-state index in [9.17, 15) is 4.39 Å². The molecular weight excluding hydrogens is 171 g/mol. The molecule has 0 spiro atoms. The molecule has 0 heterocycles. The van der Waals surface area contributed by atoms with Gasteiger partial charge in [-0.2, -0.15) is 11.8 Å². The Morgan fingerprint density at radius 1 is 1.50 bits per heavy atom. The summed E-state index contributed by atoms with van der Waals surface area (Å²) in [7, 11) is 0. The molecule has 1 aromatic carbocycles. The largest absolute Gasteiger partial charge is 0.207 e. The van der Waals surface area contributed by atoms with Gasteiger partial charge in [-0.25, -0.2) is 4.39 Å². The van der Waals surface area contributed by atoms with E-state index in [4.69, 9.17) is 0 Å². The Labute approximate surface area is 76.2 Å². The molecule has 0 amide bonds. The van der Waals surface area contributed by atoms with Crippen molar-refractivity contribution >= 4 is 11.8 Å². The molecule has 0 fully saturated rings. The normalized spacial score (nSPS) is 21.0. The first-order valence-corrected chi connectivity index (χ1v) is 5.41. The first kappa shape index (κ1) is 8.11. The summed E-state index contributed by atoms with van der Waals surface area (Å²) in [6.07, 6.45) is 4.32. The van der Waals surface area contributed by atoms with Crippen molar-refractivity contribution in [2.24, 2.45) is 0 Å². The van der Waals surface area contributed by atoms with Gasteiger partial charge in [-0.05, 0) is 42.4 Å². The predicted octanol–water partition coefficient (Wildman–Crippen LogP) is 3.18. The number of fused-ring (bicyclic) bond motifs is 1. The van der Waals surface area contributed by atoms with Crippen molar-refractivity contribution in [1.82, 2.24) is 0 Å². The van der Waals surface area contributed by atoms with Gasteiger partial charge in [0.15, 0.2) is 0 Å². The molecule has 12 heavy (non-hydrogen) atoms. The maximum atomic E-state index is 12.8. The Balaban J connectivity index is 2.40. The van der Waals surface area contributed by atoms with Crippen molar-refractivity contribution in [2.75, 3.05) is 6.26 Å². The molecule has 1 aromatic rings. The number of hydrogen-bond donors (Lipinski definition) is 0. The van der Waals surface area contributed by atoms with E-state index in [2.05, 4.69) is 6.26 Å². The van der Waals surface area contributed by atoms with Crippen LogP contribution in [0, 0.1) is 5.82 Å². The number of thioether (sulfide) groups is 1. The van der Waals surface area contributed by atoms with Crippen LogP contribution >= 0.6 is 11.8 Å². The minimum atomic E-state index is -0.101. The van der Waals surface area contributed by atoms with E-state index in [-0.39, 0.29) is 5.82 Å². The molecule has 0 nitrogen and oxygen atoms in total. The van der Waals surface area contributed by atoms with Gasteiger partial charge in [-0.1, -0.05) is 6.07 Å². The zero-order valence-electron chi connectivity index (χ0n) is 7.01. The summed E-state index contributed by atoms with van der Waals surface area (Å²) in [5.41, 5.74) is 2.54. The van der Waals surface area contributed by atoms with Crippen molar-refractivity contribution in [1.29, 1.82) is 0 Å². The highest BCUT2D eigenvalue weighted by Gasteiger charge is 2.21. The van der Waals surface area contributed by atoms with Crippen LogP contribution in [0.1, 0.15) is 22.8 Å². The van der Waals surface area contributed by atoms with Crippen LogP contribution in [0.3, 0.4) is 0 Å². The lowest BCUT2D eigenvalue weighted by atomic mass is 10.1. The zero-order chi connectivity index (χ0) is 8.55. The molecule has 0 aliphatic heterocycles. The molecule has 64 valence electrons. The molecule has 1 aliphatic rings. The van der Waals surface area contributed by atoms with Crippen molar-refractivity contribution in [2.45, 2.75) is 18.1 Å². The molecular formula is C10H11FS. The Hall–Kier alpha value is -0.500. The highest BCUT2D eigenvalue weighted by atomic mass is 32.2. The minimum Gasteiger partial charge on any atom is -0.207 e. The number of aryl methyl sites for hydroxylation is 1. The van der Waals surface area contributed by atoms with Gasteiger partial charge >= 0.3 is 0 Å². The van der Waals surface area contributed by atoms with Gasteiger partial charge in [0.1, 0.15) is 5.82 Å². The standard InChI is InChI=1S/C10H11FS/c1-12-10-5-2-7-6-8(11)3-4-9(7)10/h3-4,6,10H,2,5H2,1H3. The second kappa shape index (κ2) is 3.09. The van der Waals surface area contributed by atoms with Crippen LogP contribution in [0.25, 0.3) is 0 Å². The Kier molecular flexibility index (Phi) is 2.09. The van der Waals surface area contributed by atoms with E-state index in [1.165, 1.54) is 17.5 Å². The third kappa shape index (κ3) is 1.24. The zero-order valence-corrected chi connectivity index (χ0v) is 7.83. The predicted molar refractivity (Wildman–Crippen MR) is 51.0 cm³/mol. The molecule has 0 saturated carbocycles. The molecule has 0 saturated heterocycles. The summed E-state index contributed by atoms with van der Waals surface area (Å²) < 4.78 is 12.8. The Morgan fingerprint density at radius 2 is 2.33 bits per heavy atom. The van der Waals surface area contributed by atoms with E-state index >= 15 is 0 Å². The average molecular weight is 182 g/mol. The molecule has 1 unspecified atom stereocenters. The Morgan fingerprint density at radius 3 is 3.08 bits per heavy atom. The summed E-state index contributed by atoms with van der Waals surface area (Å²) in [4.78, 5) is 0. The number of halogens is 1. The monoisotopic (exact) mass is 182 g/mol. The second-order valence-electron chi connectivity index (χ2n) is 3.11. The van der Waals surface area contributed by atoms with Crippen molar-refractivity contribution in [3.8, 4) is 0 Å². The smallest absolute Gasteiger partial charge is 0.123 e. The van der Waals surface area contributed by atoms with Gasteiger partial charge in [0.2, 0.25) is 0 Å². The van der Waals surface area contributed by atoms with Crippen LogP contribution in [0.5, 0.6) is 0 Å². The lowest BCUT2D eigenvalue weighted by Gasteiger charge is -2.06. The average Bonchev–Trinajstić information content (AvgIpc) is 2.46. The highest BCUT2D eigenvalue weighted by Crippen LogP contribution is 2.39. The minimum absolute atomic E-state index is 0.101. The number of rotatable bonds is 1. The third-order valence-electron chi connectivity index (χ3n) is 2.41. The van der Waals surface area contributed by atoms with Crippen LogP contribution in [-0.4, -0.2) is 6.26 Å². The van der Waals surface area contributed by atoms with Gasteiger partial charge in [0.05, 0.1) is 0 Å². The van der Waals surface area contributed by atoms with Crippen molar-refractivity contribution in [3.63, 3.8) is 0 Å². The van der Waals surface area contributed by atoms with E-state index in [0.717, 1.165) is 6.42 Å². The van der Waals surface area contributed by atoms with E-state index in [0.29, 0.717) is 5.25 Å². The van der Waals surface area contributed by atoms with Gasteiger partial charge < -0.3 is 0 Å². The van der Waals surface area contributed by atoms with Gasteiger partial charge in [0, 0.05) is 5.25 Å². The van der Waals surface area contributed by atoms with Crippen LogP contribution in [0.15, 0.2) is 18.2 Å². The lowest BCUT2D eigenvalue weighted by molar-refractivity contribution is 0.626. The van der Waals surface area contributed by atoms with E-state index in [1.807, 2.05) is 17.8 Å². The van der Waals surface area contributed by atoms with E-state index < -0.39 is 0 Å². The summed E-state index contributed by atoms with van der Waals surface area (Å²) in [5, 5.41) is 0.598. The fourth-order valence-corrected chi connectivity index (χ4v) is 2.63. The maximum absolute atomic E-state index is 12.8. The Bertz CT molecular complexity index is 296. The number of hydrogen-bond acceptors (Lipinski definition) is 1. The molecule has 0 N–H and O–H groups in total. The topological polar surface area (TPSA) is 0 Å². The first-order valence-electron chi connectivity index (χ1n) is 4.12. The molecule has 0 radical (unpaired) electrons.